The quantitative estimate of drug-likeness (QED) is 0.405. The minimum Gasteiger partial charge on any atom is -0.363 e. The summed E-state index contributed by atoms with van der Waals surface area (Å²) in [6.07, 6.45) is 0. The zero-order valence-corrected chi connectivity index (χ0v) is 21.5. The van der Waals surface area contributed by atoms with E-state index < -0.39 is 5.56 Å². The van der Waals surface area contributed by atoms with E-state index in [1.54, 1.807) is 19.2 Å². The number of anilines is 1. The van der Waals surface area contributed by atoms with Crippen molar-refractivity contribution < 1.29 is 4.39 Å². The van der Waals surface area contributed by atoms with Crippen molar-refractivity contribution in [2.75, 3.05) is 18.0 Å². The second-order valence-corrected chi connectivity index (χ2v) is 9.79. The fourth-order valence-corrected chi connectivity index (χ4v) is 5.52. The summed E-state index contributed by atoms with van der Waals surface area (Å²) < 4.78 is 15.2. The highest BCUT2D eigenvalue weighted by Gasteiger charge is 2.37. The molecular formula is C30H27FN6O. The molecule has 1 saturated heterocycles. The number of benzene rings is 2. The molecule has 0 amide bonds. The van der Waals surface area contributed by atoms with E-state index in [0.717, 1.165) is 11.1 Å². The third-order valence-corrected chi connectivity index (χ3v) is 7.40. The molecule has 0 aliphatic carbocycles. The molecular weight excluding hydrogens is 479 g/mol. The molecule has 0 bridgehead atoms. The first kappa shape index (κ1) is 25.1. The molecule has 5 rings (SSSR count). The summed E-state index contributed by atoms with van der Waals surface area (Å²) >= 11 is 0. The van der Waals surface area contributed by atoms with Crippen LogP contribution in [0, 0.1) is 28.5 Å². The van der Waals surface area contributed by atoms with Crippen LogP contribution < -0.4 is 10.5 Å². The first-order valence-corrected chi connectivity index (χ1v) is 12.5. The lowest BCUT2D eigenvalue weighted by molar-refractivity contribution is 0.130. The van der Waals surface area contributed by atoms with Gasteiger partial charge in [0.2, 0.25) is 0 Å². The van der Waals surface area contributed by atoms with E-state index in [1.165, 1.54) is 16.7 Å². The topological polar surface area (TPSA) is 88.9 Å². The highest BCUT2D eigenvalue weighted by Crippen LogP contribution is 2.37. The summed E-state index contributed by atoms with van der Waals surface area (Å²) in [7, 11) is 1.61. The number of aromatic nitrogens is 2. The molecule has 8 heteroatoms. The van der Waals surface area contributed by atoms with Gasteiger partial charge in [-0.3, -0.25) is 9.69 Å². The Morgan fingerprint density at radius 1 is 0.921 bits per heavy atom. The van der Waals surface area contributed by atoms with Gasteiger partial charge < -0.3 is 9.47 Å². The zero-order valence-electron chi connectivity index (χ0n) is 21.5. The van der Waals surface area contributed by atoms with Crippen LogP contribution in [0.4, 0.5) is 10.1 Å². The van der Waals surface area contributed by atoms with Crippen LogP contribution in [0.2, 0.25) is 0 Å². The number of fused-ring (bicyclic) bond motifs is 1. The summed E-state index contributed by atoms with van der Waals surface area (Å²) in [4.78, 5) is 22.2. The number of nitriles is 2. The molecule has 1 aliphatic rings. The Kier molecular flexibility index (Phi) is 6.67. The van der Waals surface area contributed by atoms with Gasteiger partial charge >= 0.3 is 0 Å². The summed E-state index contributed by atoms with van der Waals surface area (Å²) in [5, 5.41) is 19.5. The Morgan fingerprint density at radius 3 is 2.26 bits per heavy atom. The molecule has 1 fully saturated rings. The normalized spacial score (nSPS) is 18.6. The molecule has 4 aromatic rings. The number of rotatable bonds is 4. The maximum atomic E-state index is 13.8. The van der Waals surface area contributed by atoms with Gasteiger partial charge in [0.05, 0.1) is 17.2 Å². The zero-order chi connectivity index (χ0) is 27.0. The molecule has 2 aromatic carbocycles. The standard InChI is InChI=1S/C30H27FN6O/c1-19-18-37(29-25(16-33)30(38)35(3)26-14-13-24(15-32)34-27(26)29)20(2)17-36(19)28(21-7-5-4-6-8-21)22-9-11-23(31)12-10-22/h4-14,19-20,28H,17-18H2,1-3H3/t19-,20+,28?/m1/s1. The lowest BCUT2D eigenvalue weighted by atomic mass is 9.93. The second kappa shape index (κ2) is 10.1. The maximum absolute atomic E-state index is 13.8. The monoisotopic (exact) mass is 506 g/mol. The molecule has 3 atom stereocenters. The van der Waals surface area contributed by atoms with Crippen molar-refractivity contribution >= 4 is 16.7 Å². The van der Waals surface area contributed by atoms with Gasteiger partial charge in [-0.2, -0.15) is 10.5 Å². The highest BCUT2D eigenvalue weighted by molar-refractivity contribution is 5.92. The Hall–Kier alpha value is -4.53. The van der Waals surface area contributed by atoms with Crippen molar-refractivity contribution in [3.8, 4) is 12.1 Å². The minimum atomic E-state index is -0.391. The van der Waals surface area contributed by atoms with Crippen molar-refractivity contribution in [3.05, 3.63) is 105 Å². The Bertz CT molecular complexity index is 1630. The number of nitrogens with zero attached hydrogens (tertiary/aromatic N) is 6. The average Bonchev–Trinajstić information content (AvgIpc) is 2.94. The fourth-order valence-electron chi connectivity index (χ4n) is 5.52. The molecule has 1 unspecified atom stereocenters. The van der Waals surface area contributed by atoms with Crippen LogP contribution in [-0.4, -0.2) is 39.6 Å². The van der Waals surface area contributed by atoms with Gasteiger partial charge in [-0.15, -0.1) is 0 Å². The Morgan fingerprint density at radius 2 is 1.61 bits per heavy atom. The number of piperazine rings is 1. The first-order valence-electron chi connectivity index (χ1n) is 12.5. The van der Waals surface area contributed by atoms with Crippen LogP contribution in [0.3, 0.4) is 0 Å². The fraction of sp³-hybridized carbons (Fsp3) is 0.267. The molecule has 7 nitrogen and oxygen atoms in total. The van der Waals surface area contributed by atoms with E-state index in [2.05, 4.69) is 52.9 Å². The van der Waals surface area contributed by atoms with Crippen molar-refractivity contribution in [2.45, 2.75) is 32.0 Å². The van der Waals surface area contributed by atoms with Crippen molar-refractivity contribution in [1.29, 1.82) is 10.5 Å². The van der Waals surface area contributed by atoms with Crippen LogP contribution >= 0.6 is 0 Å². The highest BCUT2D eigenvalue weighted by atomic mass is 19.1. The van der Waals surface area contributed by atoms with E-state index in [4.69, 9.17) is 0 Å². The first-order chi connectivity index (χ1) is 18.3. The van der Waals surface area contributed by atoms with E-state index in [0.29, 0.717) is 29.8 Å². The summed E-state index contributed by atoms with van der Waals surface area (Å²) in [6.45, 7) is 5.32. The van der Waals surface area contributed by atoms with E-state index in [-0.39, 0.29) is 35.2 Å². The second-order valence-electron chi connectivity index (χ2n) is 9.79. The van der Waals surface area contributed by atoms with Crippen LogP contribution in [0.25, 0.3) is 11.0 Å². The third-order valence-electron chi connectivity index (χ3n) is 7.40. The summed E-state index contributed by atoms with van der Waals surface area (Å²) in [5.41, 5.74) is 3.45. The van der Waals surface area contributed by atoms with Gasteiger partial charge in [-0.25, -0.2) is 9.37 Å². The molecule has 0 spiro atoms. The van der Waals surface area contributed by atoms with E-state index in [1.807, 2.05) is 30.3 Å². The van der Waals surface area contributed by atoms with Crippen LogP contribution in [-0.2, 0) is 7.05 Å². The SMILES string of the molecule is C[C@@H]1CN(c2c(C#N)c(=O)n(C)c3ccc(C#N)nc23)[C@@H](C)CN1C(c1ccccc1)c1ccc(F)cc1. The molecule has 1 aliphatic heterocycles. The van der Waals surface area contributed by atoms with E-state index >= 15 is 0 Å². The van der Waals surface area contributed by atoms with Crippen LogP contribution in [0.5, 0.6) is 0 Å². The van der Waals surface area contributed by atoms with E-state index in [9.17, 15) is 19.7 Å². The predicted octanol–water partition coefficient (Wildman–Crippen LogP) is 4.50. The van der Waals surface area contributed by atoms with Gasteiger partial charge in [0, 0.05) is 32.2 Å². The smallest absolute Gasteiger partial charge is 0.270 e. The predicted molar refractivity (Wildman–Crippen MR) is 144 cm³/mol. The van der Waals surface area contributed by atoms with Crippen molar-refractivity contribution in [1.82, 2.24) is 14.5 Å². The Balaban J connectivity index is 1.61. The number of halogens is 1. The molecule has 0 saturated carbocycles. The maximum Gasteiger partial charge on any atom is 0.270 e. The number of hydrogen-bond donors (Lipinski definition) is 0. The van der Waals surface area contributed by atoms with Crippen molar-refractivity contribution in [3.63, 3.8) is 0 Å². The minimum absolute atomic E-state index is 0.00580. The van der Waals surface area contributed by atoms with Gasteiger partial charge in [0.1, 0.15) is 34.7 Å². The number of hydrogen-bond acceptors (Lipinski definition) is 6. The van der Waals surface area contributed by atoms with Crippen LogP contribution in [0.15, 0.2) is 71.5 Å². The molecule has 190 valence electrons. The largest absolute Gasteiger partial charge is 0.363 e. The molecule has 0 N–H and O–H groups in total. The van der Waals surface area contributed by atoms with Gasteiger partial charge in [-0.05, 0) is 49.2 Å². The average molecular weight is 507 g/mol. The molecule has 2 aromatic heterocycles. The van der Waals surface area contributed by atoms with Crippen LogP contribution in [0.1, 0.15) is 42.3 Å². The summed E-state index contributed by atoms with van der Waals surface area (Å²) in [6, 6.07) is 24.0. The lowest BCUT2D eigenvalue weighted by Crippen LogP contribution is -2.58. The van der Waals surface area contributed by atoms with Crippen molar-refractivity contribution in [2.24, 2.45) is 7.05 Å². The molecule has 38 heavy (non-hydrogen) atoms. The third kappa shape index (κ3) is 4.30. The van der Waals surface area contributed by atoms with Gasteiger partial charge in [0.25, 0.3) is 5.56 Å². The lowest BCUT2D eigenvalue weighted by Gasteiger charge is -2.48. The number of pyridine rings is 2. The van der Waals surface area contributed by atoms with Gasteiger partial charge in [-0.1, -0.05) is 42.5 Å². The molecule has 3 heterocycles. The summed E-state index contributed by atoms with van der Waals surface area (Å²) in [5.74, 6) is -0.280. The Labute approximate surface area is 220 Å². The molecule has 0 radical (unpaired) electrons. The number of aryl methyl sites for hydroxylation is 1. The van der Waals surface area contributed by atoms with Gasteiger partial charge in [0.15, 0.2) is 0 Å².